The molecule has 0 radical (unpaired) electrons. The maximum atomic E-state index is 12.3. The molecule has 280 valence electrons. The van der Waals surface area contributed by atoms with Gasteiger partial charge in [-0.15, -0.1) is 10.2 Å². The van der Waals surface area contributed by atoms with E-state index in [1.807, 2.05) is 43.3 Å². The van der Waals surface area contributed by atoms with E-state index in [0.29, 0.717) is 28.3 Å². The molecule has 6 aromatic carbocycles. The number of carboxylic acid groups (broad SMARTS) is 1. The van der Waals surface area contributed by atoms with Gasteiger partial charge in [0.05, 0.1) is 45.5 Å². The first-order chi connectivity index (χ1) is 26.8. The quantitative estimate of drug-likeness (QED) is 0.0367. The van der Waals surface area contributed by atoms with Crippen molar-refractivity contribution in [2.24, 2.45) is 40.9 Å². The molecular weight excluding hydrogens is 760 g/mol. The van der Waals surface area contributed by atoms with E-state index in [1.54, 1.807) is 61.5 Å². The van der Waals surface area contributed by atoms with Gasteiger partial charge in [-0.1, -0.05) is 42.5 Å². The van der Waals surface area contributed by atoms with E-state index in [0.717, 1.165) is 28.4 Å². The number of anilines is 2. The molecule has 6 aromatic rings. The number of hydrogen-bond donors (Lipinski definition) is 5. The third kappa shape index (κ3) is 10.2. The molecule has 0 saturated carbocycles. The van der Waals surface area contributed by atoms with Crippen LogP contribution in [0.5, 0.6) is 5.75 Å². The smallest absolute Gasteiger partial charge is 0.507 e. The van der Waals surface area contributed by atoms with Crippen molar-refractivity contribution in [2.75, 3.05) is 11.5 Å². The number of phenols is 1. The molecule has 0 saturated heterocycles. The van der Waals surface area contributed by atoms with Crippen LogP contribution >= 0.6 is 0 Å². The maximum Gasteiger partial charge on any atom is 1.00 e. The Balaban J connectivity index is 0.00000620. The molecule has 7 N–H and O–H groups in total. The van der Waals surface area contributed by atoms with Gasteiger partial charge in [-0.25, -0.2) is 4.79 Å². The Kier molecular flexibility index (Phi) is 13.1. The van der Waals surface area contributed by atoms with Crippen molar-refractivity contribution in [2.45, 2.75) is 18.7 Å². The summed E-state index contributed by atoms with van der Waals surface area (Å²) in [6, 6.07) is 31.7. The van der Waals surface area contributed by atoms with Crippen molar-refractivity contribution in [3.05, 3.63) is 132 Å². The first-order valence-electron chi connectivity index (χ1n) is 16.6. The monoisotopic (exact) mass is 791 g/mol. The fraction of sp³-hybridized carbons (Fsp3) is 0.0513. The molecule has 0 bridgehead atoms. The van der Waals surface area contributed by atoms with Crippen LogP contribution in [-0.4, -0.2) is 29.2 Å². The fourth-order valence-corrected chi connectivity index (χ4v) is 5.83. The Morgan fingerprint density at radius 1 is 0.561 bits per heavy atom. The zero-order valence-corrected chi connectivity index (χ0v) is 33.5. The first kappa shape index (κ1) is 41.7. The molecule has 0 atom stereocenters. The number of nitrogen functional groups attached to an aromatic ring is 2. The minimum atomic E-state index is -4.82. The van der Waals surface area contributed by atoms with Crippen LogP contribution in [-0.2, 0) is 10.1 Å². The van der Waals surface area contributed by atoms with Crippen LogP contribution in [0.15, 0.2) is 161 Å². The number of carbonyl (C=O) groups is 1. The summed E-state index contributed by atoms with van der Waals surface area (Å²) >= 11 is 0. The van der Waals surface area contributed by atoms with Gasteiger partial charge < -0.3 is 21.7 Å². The number of rotatable bonds is 11. The van der Waals surface area contributed by atoms with Crippen molar-refractivity contribution in [1.29, 1.82) is 0 Å². The number of aryl methyl sites for hydroxylation is 2. The number of benzene rings is 6. The number of azo groups is 4. The summed E-state index contributed by atoms with van der Waals surface area (Å²) < 4.78 is 34.5. The SMILES string of the molecule is Cc1ccccc1N=Nc1ccc(N=Nc2c(N)c(N=Nc3ccc(-c4ccc(N=Nc5ccc(O)c(C(=O)O)c5)cc4)cc3)cc(S(=O)(=O)O)c2N)c(C)c1.[Na+]. The van der Waals surface area contributed by atoms with E-state index < -0.39 is 26.7 Å². The number of aromatic hydroxyl groups is 1. The van der Waals surface area contributed by atoms with E-state index in [9.17, 15) is 28.0 Å². The summed E-state index contributed by atoms with van der Waals surface area (Å²) in [5.41, 5.74) is 17.6. The number of hydrogen-bond acceptors (Lipinski definition) is 14. The topological polar surface area (TPSA) is 263 Å². The Morgan fingerprint density at radius 3 is 1.65 bits per heavy atom. The normalized spacial score (nSPS) is 11.8. The fourth-order valence-electron chi connectivity index (χ4n) is 5.20. The molecule has 18 heteroatoms. The van der Waals surface area contributed by atoms with Crippen LogP contribution in [0.1, 0.15) is 21.5 Å². The molecule has 0 amide bonds. The Labute approximate surface area is 348 Å². The minimum Gasteiger partial charge on any atom is -0.507 e. The second-order valence-corrected chi connectivity index (χ2v) is 13.6. The Morgan fingerprint density at radius 2 is 1.05 bits per heavy atom. The average Bonchev–Trinajstić information content (AvgIpc) is 3.17. The van der Waals surface area contributed by atoms with E-state index in [4.69, 9.17) is 11.5 Å². The van der Waals surface area contributed by atoms with E-state index in [2.05, 4.69) is 40.9 Å². The second-order valence-electron chi connectivity index (χ2n) is 12.2. The van der Waals surface area contributed by atoms with Crippen molar-refractivity contribution in [3.8, 4) is 16.9 Å². The van der Waals surface area contributed by atoms with Crippen LogP contribution < -0.4 is 41.0 Å². The van der Waals surface area contributed by atoms with Gasteiger partial charge in [0.25, 0.3) is 10.1 Å². The number of aromatic carboxylic acids is 1. The summed E-state index contributed by atoms with van der Waals surface area (Å²) in [7, 11) is -4.82. The van der Waals surface area contributed by atoms with Gasteiger partial charge in [-0.05, 0) is 109 Å². The molecule has 0 aliphatic carbocycles. The summed E-state index contributed by atoms with van der Waals surface area (Å²) in [6.45, 7) is 3.73. The standard InChI is InChI=1S/C39H32N10O6S.Na/c1-22-5-3-4-6-31(22)46-45-28-15-17-32(23(2)19-28)47-49-38-36(40)33(21-35(37(38)41)56(53,54)55)48-43-27-13-9-25(10-14-27)24-7-11-26(12-8-24)42-44-29-16-18-34(50)30(20-29)39(51)52;/h3-21,50H,40-41H2,1-2H3,(H,51,52)(H,53,54,55);/q;+1. The van der Waals surface area contributed by atoms with Gasteiger partial charge in [0.15, 0.2) is 0 Å². The molecule has 57 heavy (non-hydrogen) atoms. The second kappa shape index (κ2) is 18.0. The largest absolute Gasteiger partial charge is 1.00 e. The number of nitrogens with two attached hydrogens (primary N) is 2. The van der Waals surface area contributed by atoms with Gasteiger partial charge in [0.1, 0.15) is 27.6 Å². The Hall–Kier alpha value is -6.50. The summed E-state index contributed by atoms with van der Waals surface area (Å²) in [5.74, 6) is -1.65. The van der Waals surface area contributed by atoms with E-state index >= 15 is 0 Å². The molecule has 0 fully saturated rings. The zero-order chi connectivity index (χ0) is 40.0. The molecule has 0 heterocycles. The van der Waals surface area contributed by atoms with Crippen LogP contribution in [0.2, 0.25) is 0 Å². The number of nitrogens with zero attached hydrogens (tertiary/aromatic N) is 8. The summed E-state index contributed by atoms with van der Waals surface area (Å²) in [6.07, 6.45) is 0. The average molecular weight is 792 g/mol. The molecule has 16 nitrogen and oxygen atoms in total. The van der Waals surface area contributed by atoms with E-state index in [-0.39, 0.29) is 63.6 Å². The van der Waals surface area contributed by atoms with E-state index in [1.165, 1.54) is 18.2 Å². The minimum absolute atomic E-state index is 0. The predicted octanol–water partition coefficient (Wildman–Crippen LogP) is 8.45. The van der Waals surface area contributed by atoms with Crippen LogP contribution in [0.4, 0.5) is 56.9 Å². The van der Waals surface area contributed by atoms with Crippen molar-refractivity contribution < 1.29 is 57.5 Å². The third-order valence-corrected chi connectivity index (χ3v) is 9.15. The Bertz CT molecular complexity index is 2710. The summed E-state index contributed by atoms with van der Waals surface area (Å²) in [5, 5.41) is 52.4. The zero-order valence-electron chi connectivity index (χ0n) is 30.7. The molecule has 0 aromatic heterocycles. The van der Waals surface area contributed by atoms with Gasteiger partial charge in [0, 0.05) is 0 Å². The van der Waals surface area contributed by atoms with Crippen molar-refractivity contribution in [3.63, 3.8) is 0 Å². The molecular formula is C39H32N10NaO6S+. The maximum absolute atomic E-state index is 12.3. The molecule has 0 aliphatic rings. The van der Waals surface area contributed by atoms with Crippen LogP contribution in [0.3, 0.4) is 0 Å². The number of carboxylic acids is 1. The molecule has 0 unspecified atom stereocenters. The van der Waals surface area contributed by atoms with Gasteiger partial charge in [-0.3, -0.25) is 4.55 Å². The van der Waals surface area contributed by atoms with Crippen LogP contribution in [0, 0.1) is 13.8 Å². The van der Waals surface area contributed by atoms with Crippen molar-refractivity contribution >= 4 is 73.0 Å². The molecule has 0 aliphatic heterocycles. The van der Waals surface area contributed by atoms with Crippen molar-refractivity contribution in [1.82, 2.24) is 0 Å². The molecule has 6 rings (SSSR count). The first-order valence-corrected chi connectivity index (χ1v) is 18.0. The van der Waals surface area contributed by atoms with Gasteiger partial charge in [0.2, 0.25) is 0 Å². The van der Waals surface area contributed by atoms with Crippen LogP contribution in [0.25, 0.3) is 11.1 Å². The van der Waals surface area contributed by atoms with Gasteiger partial charge in [-0.2, -0.15) is 39.1 Å². The third-order valence-electron chi connectivity index (χ3n) is 8.26. The van der Waals surface area contributed by atoms with Gasteiger partial charge >= 0.3 is 35.5 Å². The molecule has 0 spiro atoms. The predicted molar refractivity (Wildman–Crippen MR) is 211 cm³/mol. The summed E-state index contributed by atoms with van der Waals surface area (Å²) in [4.78, 5) is 10.6.